The Kier molecular flexibility index (Phi) is 3.16. The normalized spacial score (nSPS) is 12.9. The van der Waals surface area contributed by atoms with Gasteiger partial charge in [-0.1, -0.05) is 18.5 Å². The minimum atomic E-state index is 0.290. The van der Waals surface area contributed by atoms with Crippen LogP contribution < -0.4 is 5.73 Å². The van der Waals surface area contributed by atoms with Crippen LogP contribution in [0.1, 0.15) is 17.8 Å². The molecular formula is C13H13ClN4S. The van der Waals surface area contributed by atoms with Crippen LogP contribution in [-0.4, -0.2) is 14.5 Å². The summed E-state index contributed by atoms with van der Waals surface area (Å²) in [4.78, 5) is 8.70. The number of hydrogen-bond donors (Lipinski definition) is 1. The third-order valence-electron chi connectivity index (χ3n) is 3.07. The molecule has 2 heterocycles. The highest BCUT2D eigenvalue weighted by atomic mass is 35.5. The molecule has 0 amide bonds. The first-order valence-corrected chi connectivity index (χ1v) is 7.21. The van der Waals surface area contributed by atoms with E-state index >= 15 is 0 Å². The lowest BCUT2D eigenvalue weighted by Crippen LogP contribution is -2.09. The Labute approximate surface area is 119 Å². The molecule has 4 nitrogen and oxygen atoms in total. The van der Waals surface area contributed by atoms with Crippen molar-refractivity contribution in [1.29, 1.82) is 0 Å². The number of fused-ring (bicyclic) bond motifs is 1. The van der Waals surface area contributed by atoms with Gasteiger partial charge < -0.3 is 10.3 Å². The molecule has 0 bridgehead atoms. The summed E-state index contributed by atoms with van der Waals surface area (Å²) in [5.41, 5.74) is 7.83. The lowest BCUT2D eigenvalue weighted by Gasteiger charge is -2.11. The lowest BCUT2D eigenvalue weighted by atomic mass is 10.2. The average Bonchev–Trinajstić information content (AvgIpc) is 2.99. The Morgan fingerprint density at radius 1 is 1.47 bits per heavy atom. The first kappa shape index (κ1) is 12.4. The van der Waals surface area contributed by atoms with E-state index in [1.165, 1.54) is 0 Å². The summed E-state index contributed by atoms with van der Waals surface area (Å²) >= 11 is 7.70. The van der Waals surface area contributed by atoms with Gasteiger partial charge in [0.2, 0.25) is 5.95 Å². The van der Waals surface area contributed by atoms with Crippen LogP contribution in [-0.2, 0) is 6.54 Å². The van der Waals surface area contributed by atoms with Crippen LogP contribution in [0.3, 0.4) is 0 Å². The predicted octanol–water partition coefficient (Wildman–Crippen LogP) is 3.53. The number of hydrogen-bond acceptors (Lipinski definition) is 4. The van der Waals surface area contributed by atoms with Crippen LogP contribution in [0.15, 0.2) is 29.8 Å². The monoisotopic (exact) mass is 292 g/mol. The van der Waals surface area contributed by atoms with Gasteiger partial charge in [0.05, 0.1) is 16.0 Å². The summed E-state index contributed by atoms with van der Waals surface area (Å²) in [6, 6.07) is 5.61. The van der Waals surface area contributed by atoms with Crippen LogP contribution in [0.4, 0.5) is 5.95 Å². The van der Waals surface area contributed by atoms with Crippen molar-refractivity contribution in [2.45, 2.75) is 19.4 Å². The third kappa shape index (κ3) is 2.31. The lowest BCUT2D eigenvalue weighted by molar-refractivity contribution is 0.614. The number of nitrogens with two attached hydrogens (primary N) is 1. The van der Waals surface area contributed by atoms with Gasteiger partial charge in [-0.2, -0.15) is 0 Å². The number of nitrogen functional groups attached to an aromatic ring is 1. The molecule has 2 aromatic heterocycles. The zero-order valence-corrected chi connectivity index (χ0v) is 11.9. The third-order valence-corrected chi connectivity index (χ3v) is 4.31. The second-order valence-corrected chi connectivity index (χ2v) is 5.85. The number of aromatic nitrogens is 3. The Balaban J connectivity index is 2.00. The van der Waals surface area contributed by atoms with Gasteiger partial charge in [0, 0.05) is 29.1 Å². The fourth-order valence-electron chi connectivity index (χ4n) is 2.14. The molecule has 0 aliphatic heterocycles. The summed E-state index contributed by atoms with van der Waals surface area (Å²) in [5.74, 6) is 0.805. The second kappa shape index (κ2) is 4.83. The zero-order chi connectivity index (χ0) is 13.4. The maximum atomic E-state index is 6.04. The molecule has 2 N–H and O–H groups in total. The van der Waals surface area contributed by atoms with E-state index in [2.05, 4.69) is 16.9 Å². The van der Waals surface area contributed by atoms with Gasteiger partial charge >= 0.3 is 0 Å². The molecular weight excluding hydrogens is 280 g/mol. The first-order valence-electron chi connectivity index (χ1n) is 5.96. The minimum Gasteiger partial charge on any atom is -0.369 e. The Morgan fingerprint density at radius 3 is 3.05 bits per heavy atom. The number of thiazole rings is 1. The number of benzene rings is 1. The van der Waals surface area contributed by atoms with Crippen molar-refractivity contribution in [2.75, 3.05) is 5.73 Å². The van der Waals surface area contributed by atoms with Gasteiger partial charge in [-0.3, -0.25) is 0 Å². The fourth-order valence-corrected chi connectivity index (χ4v) is 2.99. The molecule has 0 aliphatic rings. The van der Waals surface area contributed by atoms with Crippen LogP contribution >= 0.6 is 22.9 Å². The highest BCUT2D eigenvalue weighted by molar-refractivity contribution is 7.09. The topological polar surface area (TPSA) is 56.7 Å². The van der Waals surface area contributed by atoms with Crippen LogP contribution in [0, 0.1) is 0 Å². The van der Waals surface area contributed by atoms with Crippen LogP contribution in [0.25, 0.3) is 11.0 Å². The van der Waals surface area contributed by atoms with Crippen molar-refractivity contribution in [2.24, 2.45) is 0 Å². The summed E-state index contributed by atoms with van der Waals surface area (Å²) in [6.07, 6.45) is 1.82. The van der Waals surface area contributed by atoms with E-state index in [1.807, 2.05) is 34.3 Å². The highest BCUT2D eigenvalue weighted by Crippen LogP contribution is 2.26. The molecule has 0 fully saturated rings. The molecule has 98 valence electrons. The van der Waals surface area contributed by atoms with Gasteiger partial charge in [-0.25, -0.2) is 9.97 Å². The Hall–Kier alpha value is -1.59. The van der Waals surface area contributed by atoms with E-state index in [-0.39, 0.29) is 0 Å². The van der Waals surface area contributed by atoms with Crippen LogP contribution in [0.5, 0.6) is 0 Å². The molecule has 1 unspecified atom stereocenters. The van der Waals surface area contributed by atoms with Crippen molar-refractivity contribution in [3.63, 3.8) is 0 Å². The maximum absolute atomic E-state index is 6.04. The van der Waals surface area contributed by atoms with Crippen molar-refractivity contribution in [3.05, 3.63) is 39.8 Å². The molecule has 6 heteroatoms. The molecule has 0 spiro atoms. The van der Waals surface area contributed by atoms with Gasteiger partial charge in [-0.15, -0.1) is 11.3 Å². The second-order valence-electron chi connectivity index (χ2n) is 4.49. The van der Waals surface area contributed by atoms with E-state index in [4.69, 9.17) is 17.3 Å². The molecule has 0 saturated heterocycles. The van der Waals surface area contributed by atoms with Gasteiger partial charge in [0.25, 0.3) is 0 Å². The van der Waals surface area contributed by atoms with Crippen molar-refractivity contribution < 1.29 is 0 Å². The average molecular weight is 293 g/mol. The van der Waals surface area contributed by atoms with Crippen LogP contribution in [0.2, 0.25) is 5.02 Å². The highest BCUT2D eigenvalue weighted by Gasteiger charge is 2.14. The SMILES string of the molecule is CC(Cn1c(N)nc2ccc(Cl)cc21)c1nccs1. The summed E-state index contributed by atoms with van der Waals surface area (Å²) < 4.78 is 1.99. The quantitative estimate of drug-likeness (QED) is 0.803. The first-order chi connectivity index (χ1) is 9.15. The predicted molar refractivity (Wildman–Crippen MR) is 79.7 cm³/mol. The van der Waals surface area contributed by atoms with Crippen molar-refractivity contribution in [1.82, 2.24) is 14.5 Å². The Bertz CT molecular complexity index is 705. The number of rotatable bonds is 3. The van der Waals surface area contributed by atoms with Gasteiger partial charge in [0.15, 0.2) is 0 Å². The fraction of sp³-hybridized carbons (Fsp3) is 0.231. The van der Waals surface area contributed by atoms with Crippen molar-refractivity contribution in [3.8, 4) is 0 Å². The van der Waals surface area contributed by atoms with E-state index in [9.17, 15) is 0 Å². The molecule has 3 rings (SSSR count). The van der Waals surface area contributed by atoms with E-state index in [1.54, 1.807) is 11.3 Å². The van der Waals surface area contributed by atoms with E-state index < -0.39 is 0 Å². The molecule has 3 aromatic rings. The largest absolute Gasteiger partial charge is 0.369 e. The minimum absolute atomic E-state index is 0.290. The molecule has 0 saturated carbocycles. The zero-order valence-electron chi connectivity index (χ0n) is 10.4. The number of halogens is 1. The summed E-state index contributed by atoms with van der Waals surface area (Å²) in [6.45, 7) is 2.88. The molecule has 0 aliphatic carbocycles. The Morgan fingerprint density at radius 2 is 2.32 bits per heavy atom. The number of imidazole rings is 1. The van der Waals surface area contributed by atoms with E-state index in [0.29, 0.717) is 16.9 Å². The number of nitrogens with zero attached hydrogens (tertiary/aromatic N) is 3. The smallest absolute Gasteiger partial charge is 0.201 e. The molecule has 19 heavy (non-hydrogen) atoms. The van der Waals surface area contributed by atoms with Gasteiger partial charge in [0.1, 0.15) is 0 Å². The van der Waals surface area contributed by atoms with Crippen molar-refractivity contribution >= 4 is 39.9 Å². The van der Waals surface area contributed by atoms with Gasteiger partial charge in [-0.05, 0) is 18.2 Å². The summed E-state index contributed by atoms with van der Waals surface area (Å²) in [5, 5.41) is 3.77. The summed E-state index contributed by atoms with van der Waals surface area (Å²) in [7, 11) is 0. The maximum Gasteiger partial charge on any atom is 0.201 e. The molecule has 1 aromatic carbocycles. The molecule has 0 radical (unpaired) electrons. The number of anilines is 1. The molecule has 1 atom stereocenters. The van der Waals surface area contributed by atoms with E-state index in [0.717, 1.165) is 22.6 Å². The standard InChI is InChI=1S/C13H13ClN4S/c1-8(12-16-4-5-19-12)7-18-11-6-9(14)2-3-10(11)17-13(18)15/h2-6,8H,7H2,1H3,(H2,15,17).